The molecule has 0 aliphatic rings. The topological polar surface area (TPSA) is 67.8 Å². The van der Waals surface area contributed by atoms with Crippen molar-refractivity contribution in [2.45, 2.75) is 39.5 Å². The van der Waals surface area contributed by atoms with Crippen LogP contribution in [0.5, 0.6) is 11.5 Å². The molecule has 2 N–H and O–H groups in total. The van der Waals surface area contributed by atoms with E-state index in [0.717, 1.165) is 5.56 Å². The van der Waals surface area contributed by atoms with Crippen molar-refractivity contribution in [1.29, 1.82) is 0 Å². The van der Waals surface area contributed by atoms with E-state index in [1.54, 1.807) is 12.1 Å². The van der Waals surface area contributed by atoms with Crippen LogP contribution in [0.2, 0.25) is 5.02 Å². The third-order valence-electron chi connectivity index (χ3n) is 4.21. The Balaban J connectivity index is 2.17. The van der Waals surface area contributed by atoms with E-state index in [-0.39, 0.29) is 17.5 Å². The molecule has 0 saturated carbocycles. The van der Waals surface area contributed by atoms with Gasteiger partial charge in [-0.25, -0.2) is 4.39 Å². The van der Waals surface area contributed by atoms with Gasteiger partial charge in [-0.2, -0.15) is 0 Å². The van der Waals surface area contributed by atoms with Crippen molar-refractivity contribution in [2.75, 3.05) is 7.11 Å². The number of nitrogens with one attached hydrogen (secondary N) is 1. The van der Waals surface area contributed by atoms with Gasteiger partial charge < -0.3 is 19.9 Å². The number of rotatable bonds is 10. The van der Waals surface area contributed by atoms with Gasteiger partial charge >= 0.3 is 5.97 Å². The molecule has 0 fully saturated rings. The van der Waals surface area contributed by atoms with Gasteiger partial charge in [-0.05, 0) is 30.5 Å². The largest absolute Gasteiger partial charge is 0.493 e. The van der Waals surface area contributed by atoms with Crippen LogP contribution in [0.1, 0.15) is 31.4 Å². The van der Waals surface area contributed by atoms with Gasteiger partial charge in [0.05, 0.1) is 12.1 Å². The summed E-state index contributed by atoms with van der Waals surface area (Å²) >= 11 is 6.07. The van der Waals surface area contributed by atoms with E-state index in [1.165, 1.54) is 19.2 Å². The predicted molar refractivity (Wildman–Crippen MR) is 106 cm³/mol. The minimum Gasteiger partial charge on any atom is -0.493 e. The molecule has 2 rings (SSSR count). The van der Waals surface area contributed by atoms with Crippen LogP contribution in [0.3, 0.4) is 0 Å². The summed E-state index contributed by atoms with van der Waals surface area (Å²) in [5, 5.41) is 12.8. The predicted octanol–water partition coefficient (Wildman–Crippen LogP) is 4.66. The third kappa shape index (κ3) is 6.11. The minimum atomic E-state index is -0.892. The average Bonchev–Trinajstić information content (AvgIpc) is 2.64. The van der Waals surface area contributed by atoms with E-state index in [9.17, 15) is 14.3 Å². The zero-order valence-electron chi connectivity index (χ0n) is 16.2. The highest BCUT2D eigenvalue weighted by molar-refractivity contribution is 6.31. The maximum absolute atomic E-state index is 13.2. The fourth-order valence-corrected chi connectivity index (χ4v) is 3.01. The van der Waals surface area contributed by atoms with Crippen molar-refractivity contribution in [2.24, 2.45) is 5.92 Å². The highest BCUT2D eigenvalue weighted by Crippen LogP contribution is 2.32. The molecule has 0 amide bonds. The minimum absolute atomic E-state index is 0.126. The molecule has 0 heterocycles. The van der Waals surface area contributed by atoms with Gasteiger partial charge in [-0.1, -0.05) is 43.6 Å². The van der Waals surface area contributed by atoms with E-state index < -0.39 is 17.8 Å². The number of hydrogen-bond acceptors (Lipinski definition) is 4. The molecule has 2 aromatic rings. The van der Waals surface area contributed by atoms with Crippen molar-refractivity contribution in [1.82, 2.24) is 5.32 Å². The Kier molecular flexibility index (Phi) is 8.08. The fourth-order valence-electron chi connectivity index (χ4n) is 2.79. The van der Waals surface area contributed by atoms with Crippen LogP contribution in [0.15, 0.2) is 36.4 Å². The second-order valence-electron chi connectivity index (χ2n) is 6.87. The quantitative estimate of drug-likeness (QED) is 0.597. The molecule has 0 aliphatic heterocycles. The van der Waals surface area contributed by atoms with E-state index in [1.807, 2.05) is 26.0 Å². The first-order valence-corrected chi connectivity index (χ1v) is 9.38. The Morgan fingerprint density at radius 3 is 2.61 bits per heavy atom. The van der Waals surface area contributed by atoms with Crippen LogP contribution in [0.4, 0.5) is 4.39 Å². The second kappa shape index (κ2) is 10.3. The maximum Gasteiger partial charge on any atom is 0.320 e. The number of hydrogen-bond donors (Lipinski definition) is 2. The lowest BCUT2D eigenvalue weighted by molar-refractivity contribution is -0.140. The van der Waals surface area contributed by atoms with Gasteiger partial charge in [-0.15, -0.1) is 0 Å². The molecule has 0 aromatic heterocycles. The normalized spacial score (nSPS) is 12.1. The number of carboxylic acids is 1. The Labute approximate surface area is 169 Å². The summed E-state index contributed by atoms with van der Waals surface area (Å²) in [6, 6.07) is 8.86. The van der Waals surface area contributed by atoms with Crippen molar-refractivity contribution in [3.8, 4) is 11.5 Å². The maximum atomic E-state index is 13.2. The van der Waals surface area contributed by atoms with Gasteiger partial charge in [0.15, 0.2) is 11.5 Å². The molecule has 7 heteroatoms. The molecule has 1 atom stereocenters. The summed E-state index contributed by atoms with van der Waals surface area (Å²) in [6.07, 6.45) is 0.515. The van der Waals surface area contributed by atoms with Gasteiger partial charge in [0.1, 0.15) is 18.5 Å². The summed E-state index contributed by atoms with van der Waals surface area (Å²) in [5.74, 6) is -0.0481. The number of carboxylic acid groups (broad SMARTS) is 1. The smallest absolute Gasteiger partial charge is 0.320 e. The lowest BCUT2D eigenvalue weighted by atomic mass is 10.0. The summed E-state index contributed by atoms with van der Waals surface area (Å²) in [6.45, 7) is 4.38. The Morgan fingerprint density at radius 1 is 1.25 bits per heavy atom. The zero-order chi connectivity index (χ0) is 20.7. The molecule has 2 aromatic carbocycles. The van der Waals surface area contributed by atoms with Crippen LogP contribution in [-0.2, 0) is 17.9 Å². The molecule has 0 radical (unpaired) electrons. The first-order valence-electron chi connectivity index (χ1n) is 9.00. The molecule has 0 aliphatic carbocycles. The number of para-hydroxylation sites is 1. The third-order valence-corrected chi connectivity index (χ3v) is 4.56. The van der Waals surface area contributed by atoms with Gasteiger partial charge in [0.2, 0.25) is 0 Å². The van der Waals surface area contributed by atoms with E-state index >= 15 is 0 Å². The molecule has 152 valence electrons. The Hall–Kier alpha value is -2.31. The van der Waals surface area contributed by atoms with Crippen molar-refractivity contribution in [3.63, 3.8) is 0 Å². The monoisotopic (exact) mass is 409 g/mol. The van der Waals surface area contributed by atoms with Crippen LogP contribution in [0, 0.1) is 11.7 Å². The van der Waals surface area contributed by atoms with Crippen molar-refractivity contribution in [3.05, 3.63) is 58.4 Å². The van der Waals surface area contributed by atoms with Gasteiger partial charge in [0, 0.05) is 17.7 Å². The first-order chi connectivity index (χ1) is 13.3. The number of methoxy groups -OCH3 is 1. The summed E-state index contributed by atoms with van der Waals surface area (Å²) in [5.41, 5.74) is 1.39. The highest BCUT2D eigenvalue weighted by Gasteiger charge is 2.20. The van der Waals surface area contributed by atoms with Gasteiger partial charge in [0.25, 0.3) is 0 Å². The molecule has 0 saturated heterocycles. The van der Waals surface area contributed by atoms with Crippen LogP contribution in [-0.4, -0.2) is 24.2 Å². The standard InChI is InChI=1S/C21H25ClFNO4/c1-13(2)9-18(21(25)26)24-11-14-5-4-6-19(27-3)20(14)28-12-15-7-8-16(23)10-17(15)22/h4-8,10,13,18,24H,9,11-12H2,1-3H3,(H,25,26). The lowest BCUT2D eigenvalue weighted by Gasteiger charge is -2.19. The summed E-state index contributed by atoms with van der Waals surface area (Å²) in [7, 11) is 1.53. The molecule has 5 nitrogen and oxygen atoms in total. The average molecular weight is 410 g/mol. The number of halogens is 2. The van der Waals surface area contributed by atoms with E-state index in [0.29, 0.717) is 30.0 Å². The van der Waals surface area contributed by atoms with Gasteiger partial charge in [-0.3, -0.25) is 4.79 Å². The van der Waals surface area contributed by atoms with Crippen LogP contribution >= 0.6 is 11.6 Å². The number of benzene rings is 2. The molecule has 1 unspecified atom stereocenters. The number of ether oxygens (including phenoxy) is 2. The molecule has 28 heavy (non-hydrogen) atoms. The molecule has 0 bridgehead atoms. The molecular formula is C21H25ClFNO4. The highest BCUT2D eigenvalue weighted by atomic mass is 35.5. The zero-order valence-corrected chi connectivity index (χ0v) is 16.9. The molecule has 0 spiro atoms. The SMILES string of the molecule is COc1cccc(CNC(CC(C)C)C(=O)O)c1OCc1ccc(F)cc1Cl. The Bertz CT molecular complexity index is 813. The summed E-state index contributed by atoms with van der Waals surface area (Å²) < 4.78 is 24.5. The fraction of sp³-hybridized carbons (Fsp3) is 0.381. The van der Waals surface area contributed by atoms with Crippen molar-refractivity contribution < 1.29 is 23.8 Å². The van der Waals surface area contributed by atoms with Crippen LogP contribution in [0.25, 0.3) is 0 Å². The Morgan fingerprint density at radius 2 is 2.00 bits per heavy atom. The number of aliphatic carboxylic acids is 1. The van der Waals surface area contributed by atoms with Crippen LogP contribution < -0.4 is 14.8 Å². The van der Waals surface area contributed by atoms with Crippen molar-refractivity contribution >= 4 is 17.6 Å². The number of carbonyl (C=O) groups is 1. The second-order valence-corrected chi connectivity index (χ2v) is 7.28. The first kappa shape index (κ1) is 22.0. The van der Waals surface area contributed by atoms with E-state index in [4.69, 9.17) is 21.1 Å². The lowest BCUT2D eigenvalue weighted by Crippen LogP contribution is -2.37. The van der Waals surface area contributed by atoms with E-state index in [2.05, 4.69) is 5.32 Å². The summed E-state index contributed by atoms with van der Waals surface area (Å²) in [4.78, 5) is 11.5. The molecular weight excluding hydrogens is 385 g/mol.